The number of hydrogen-bond acceptors (Lipinski definition) is 3. The maximum atomic E-state index is 12.3. The Kier molecular flexibility index (Phi) is 10.2. The highest BCUT2D eigenvalue weighted by molar-refractivity contribution is 5.85. The first kappa shape index (κ1) is 21.4. The summed E-state index contributed by atoms with van der Waals surface area (Å²) in [6.07, 6.45) is 3.49. The van der Waals surface area contributed by atoms with E-state index in [1.807, 2.05) is 56.4 Å². The lowest BCUT2D eigenvalue weighted by molar-refractivity contribution is -0.124. The molecule has 4 nitrogen and oxygen atoms in total. The smallest absolute Gasteiger partial charge is 0.224 e. The van der Waals surface area contributed by atoms with Gasteiger partial charge < -0.3 is 10.6 Å². The first-order valence-electron chi connectivity index (χ1n) is 7.12. The van der Waals surface area contributed by atoms with Gasteiger partial charge in [-0.15, -0.1) is 24.8 Å². The van der Waals surface area contributed by atoms with Crippen molar-refractivity contribution < 1.29 is 4.79 Å². The van der Waals surface area contributed by atoms with Crippen molar-refractivity contribution in [1.29, 1.82) is 0 Å². The molecule has 1 heterocycles. The van der Waals surface area contributed by atoms with Gasteiger partial charge in [0.2, 0.25) is 5.91 Å². The molecule has 0 aliphatic rings. The molecule has 2 unspecified atom stereocenters. The molecule has 2 N–H and O–H groups in total. The lowest BCUT2D eigenvalue weighted by Crippen LogP contribution is -2.37. The van der Waals surface area contributed by atoms with Crippen molar-refractivity contribution >= 4 is 30.7 Å². The summed E-state index contributed by atoms with van der Waals surface area (Å²) in [7, 11) is 1.85. The molecule has 0 fully saturated rings. The van der Waals surface area contributed by atoms with E-state index >= 15 is 0 Å². The molecular formula is C17H23Cl2N3O. The molecule has 23 heavy (non-hydrogen) atoms. The van der Waals surface area contributed by atoms with Crippen LogP contribution in [0.15, 0.2) is 54.9 Å². The van der Waals surface area contributed by atoms with Gasteiger partial charge in [-0.3, -0.25) is 9.78 Å². The third-order valence-electron chi connectivity index (χ3n) is 3.42. The minimum Gasteiger partial charge on any atom is -0.345 e. The SMILES string of the molecule is CNCC(C)C(=O)NC(c1ccccc1)c1ccncc1.Cl.Cl. The van der Waals surface area contributed by atoms with Gasteiger partial charge in [0.05, 0.1) is 6.04 Å². The normalized spacial score (nSPS) is 12.3. The van der Waals surface area contributed by atoms with Gasteiger partial charge in [0.1, 0.15) is 0 Å². The number of aromatic nitrogens is 1. The Hall–Kier alpha value is -1.62. The molecule has 0 saturated carbocycles. The highest BCUT2D eigenvalue weighted by Crippen LogP contribution is 2.21. The number of carbonyl (C=O) groups excluding carboxylic acids is 1. The summed E-state index contributed by atoms with van der Waals surface area (Å²) in [6, 6.07) is 13.7. The van der Waals surface area contributed by atoms with E-state index in [-0.39, 0.29) is 42.7 Å². The zero-order valence-corrected chi connectivity index (χ0v) is 14.9. The Bertz CT molecular complexity index is 527. The Balaban J connectivity index is 0.00000242. The second kappa shape index (κ2) is 11.0. The molecule has 0 bridgehead atoms. The Morgan fingerprint density at radius 2 is 1.61 bits per heavy atom. The van der Waals surface area contributed by atoms with Gasteiger partial charge in [-0.2, -0.15) is 0 Å². The van der Waals surface area contributed by atoms with E-state index in [1.54, 1.807) is 12.4 Å². The van der Waals surface area contributed by atoms with Gasteiger partial charge in [0, 0.05) is 24.9 Å². The van der Waals surface area contributed by atoms with Crippen molar-refractivity contribution in [3.63, 3.8) is 0 Å². The summed E-state index contributed by atoms with van der Waals surface area (Å²) >= 11 is 0. The summed E-state index contributed by atoms with van der Waals surface area (Å²) in [4.78, 5) is 16.4. The molecule has 2 rings (SSSR count). The molecule has 1 amide bonds. The number of benzene rings is 1. The highest BCUT2D eigenvalue weighted by atomic mass is 35.5. The van der Waals surface area contributed by atoms with Crippen LogP contribution in [-0.2, 0) is 4.79 Å². The zero-order valence-electron chi connectivity index (χ0n) is 13.2. The van der Waals surface area contributed by atoms with Crippen LogP contribution in [0.3, 0.4) is 0 Å². The number of carbonyl (C=O) groups is 1. The van der Waals surface area contributed by atoms with Crippen LogP contribution in [0.25, 0.3) is 0 Å². The number of amides is 1. The first-order valence-corrected chi connectivity index (χ1v) is 7.12. The predicted octanol–water partition coefficient (Wildman–Crippen LogP) is 2.99. The lowest BCUT2D eigenvalue weighted by atomic mass is 9.98. The fourth-order valence-corrected chi connectivity index (χ4v) is 2.24. The summed E-state index contributed by atoms with van der Waals surface area (Å²) < 4.78 is 0. The minimum absolute atomic E-state index is 0. The van der Waals surface area contributed by atoms with Crippen LogP contribution in [-0.4, -0.2) is 24.5 Å². The van der Waals surface area contributed by atoms with Crippen molar-refractivity contribution in [3.05, 3.63) is 66.0 Å². The van der Waals surface area contributed by atoms with Crippen molar-refractivity contribution in [1.82, 2.24) is 15.6 Å². The van der Waals surface area contributed by atoms with Gasteiger partial charge in [-0.25, -0.2) is 0 Å². The quantitative estimate of drug-likeness (QED) is 0.837. The summed E-state index contributed by atoms with van der Waals surface area (Å²) in [6.45, 7) is 2.57. The highest BCUT2D eigenvalue weighted by Gasteiger charge is 2.19. The number of halogens is 2. The van der Waals surface area contributed by atoms with E-state index in [0.717, 1.165) is 11.1 Å². The number of rotatable bonds is 6. The molecule has 0 spiro atoms. The standard InChI is InChI=1S/C17H21N3O.2ClH/c1-13(12-18-2)17(21)20-16(14-6-4-3-5-7-14)15-8-10-19-11-9-15;;/h3-11,13,16,18H,12H2,1-2H3,(H,20,21);2*1H. The lowest BCUT2D eigenvalue weighted by Gasteiger charge is -2.22. The van der Waals surface area contributed by atoms with E-state index in [2.05, 4.69) is 15.6 Å². The fraction of sp³-hybridized carbons (Fsp3) is 0.294. The molecule has 1 aromatic carbocycles. The molecule has 1 aromatic heterocycles. The number of pyridine rings is 1. The molecule has 0 aliphatic heterocycles. The second-order valence-corrected chi connectivity index (χ2v) is 5.09. The molecule has 2 atom stereocenters. The summed E-state index contributed by atoms with van der Waals surface area (Å²) in [5, 5.41) is 6.16. The minimum atomic E-state index is -0.152. The van der Waals surface area contributed by atoms with Gasteiger partial charge >= 0.3 is 0 Å². The monoisotopic (exact) mass is 355 g/mol. The third-order valence-corrected chi connectivity index (χ3v) is 3.42. The van der Waals surface area contributed by atoms with Gasteiger partial charge in [0.25, 0.3) is 0 Å². The zero-order chi connectivity index (χ0) is 15.1. The summed E-state index contributed by atoms with van der Waals surface area (Å²) in [5.41, 5.74) is 2.09. The number of nitrogens with one attached hydrogen (secondary N) is 2. The predicted molar refractivity (Wildman–Crippen MR) is 98.3 cm³/mol. The third kappa shape index (κ3) is 6.18. The molecular weight excluding hydrogens is 333 g/mol. The van der Waals surface area contributed by atoms with Crippen LogP contribution in [0.5, 0.6) is 0 Å². The van der Waals surface area contributed by atoms with Crippen LogP contribution in [0.4, 0.5) is 0 Å². The average molecular weight is 356 g/mol. The van der Waals surface area contributed by atoms with E-state index < -0.39 is 0 Å². The van der Waals surface area contributed by atoms with Crippen molar-refractivity contribution in [3.8, 4) is 0 Å². The van der Waals surface area contributed by atoms with Gasteiger partial charge in [0.15, 0.2) is 0 Å². The van der Waals surface area contributed by atoms with E-state index in [9.17, 15) is 4.79 Å². The summed E-state index contributed by atoms with van der Waals surface area (Å²) in [5.74, 6) is -0.0435. The number of nitrogens with zero attached hydrogens (tertiary/aromatic N) is 1. The van der Waals surface area contributed by atoms with Crippen LogP contribution in [0.2, 0.25) is 0 Å². The second-order valence-electron chi connectivity index (χ2n) is 5.09. The van der Waals surface area contributed by atoms with Gasteiger partial charge in [-0.1, -0.05) is 37.3 Å². The van der Waals surface area contributed by atoms with Crippen LogP contribution < -0.4 is 10.6 Å². The molecule has 6 heteroatoms. The fourth-order valence-electron chi connectivity index (χ4n) is 2.24. The molecule has 126 valence electrons. The first-order chi connectivity index (χ1) is 10.2. The Morgan fingerprint density at radius 1 is 1.04 bits per heavy atom. The van der Waals surface area contributed by atoms with E-state index in [4.69, 9.17) is 0 Å². The van der Waals surface area contributed by atoms with Crippen LogP contribution >= 0.6 is 24.8 Å². The largest absolute Gasteiger partial charge is 0.345 e. The van der Waals surface area contributed by atoms with E-state index in [1.165, 1.54) is 0 Å². The Morgan fingerprint density at radius 3 is 2.17 bits per heavy atom. The van der Waals surface area contributed by atoms with Crippen LogP contribution in [0.1, 0.15) is 24.1 Å². The average Bonchev–Trinajstić information content (AvgIpc) is 2.54. The molecule has 0 saturated heterocycles. The maximum absolute atomic E-state index is 12.3. The molecule has 2 aromatic rings. The number of hydrogen-bond donors (Lipinski definition) is 2. The Labute approximate surface area is 149 Å². The maximum Gasteiger partial charge on any atom is 0.224 e. The van der Waals surface area contributed by atoms with E-state index in [0.29, 0.717) is 6.54 Å². The molecule has 0 radical (unpaired) electrons. The van der Waals surface area contributed by atoms with Gasteiger partial charge in [-0.05, 0) is 30.3 Å². The van der Waals surface area contributed by atoms with Crippen molar-refractivity contribution in [2.24, 2.45) is 5.92 Å². The topological polar surface area (TPSA) is 54.0 Å². The molecule has 0 aliphatic carbocycles. The van der Waals surface area contributed by atoms with Crippen molar-refractivity contribution in [2.75, 3.05) is 13.6 Å². The van der Waals surface area contributed by atoms with Crippen LogP contribution in [0, 0.1) is 5.92 Å². The van der Waals surface area contributed by atoms with Crippen molar-refractivity contribution in [2.45, 2.75) is 13.0 Å².